The number of carbonyl (C=O) groups excluding carboxylic acids is 3. The molecule has 6 nitrogen and oxygen atoms in total. The number of rotatable bonds is 8. The Morgan fingerprint density at radius 1 is 1.13 bits per heavy atom. The highest BCUT2D eigenvalue weighted by atomic mass is 32.2. The maximum atomic E-state index is 12.5. The molecule has 1 N–H and O–H groups in total. The molecule has 0 saturated carbocycles. The summed E-state index contributed by atoms with van der Waals surface area (Å²) in [5, 5.41) is -0.425. The van der Waals surface area contributed by atoms with Crippen molar-refractivity contribution in [3.63, 3.8) is 0 Å². The van der Waals surface area contributed by atoms with Crippen LogP contribution in [0.5, 0.6) is 0 Å². The van der Waals surface area contributed by atoms with Crippen molar-refractivity contribution < 1.29 is 23.9 Å². The van der Waals surface area contributed by atoms with Gasteiger partial charge in [0.05, 0.1) is 35.5 Å². The largest absolute Gasteiger partial charge is 0.465 e. The van der Waals surface area contributed by atoms with E-state index in [-0.39, 0.29) is 24.1 Å². The van der Waals surface area contributed by atoms with Crippen LogP contribution < -0.4 is 0 Å². The standard InChI is InChI=1S/C16H23NO5S/c1-6-21-12(18)8-23-11(5)15(19)14-9(3)13(10(4)17-14)16(20)22-7-2/h11,17H,6-8H2,1-5H3. The van der Waals surface area contributed by atoms with Crippen molar-refractivity contribution in [2.45, 2.75) is 39.9 Å². The molecule has 1 aromatic rings. The monoisotopic (exact) mass is 341 g/mol. The molecular formula is C16H23NO5S. The molecule has 7 heteroatoms. The van der Waals surface area contributed by atoms with Crippen molar-refractivity contribution in [3.8, 4) is 0 Å². The number of hydrogen-bond donors (Lipinski definition) is 1. The van der Waals surface area contributed by atoms with Gasteiger partial charge >= 0.3 is 11.9 Å². The molecule has 128 valence electrons. The van der Waals surface area contributed by atoms with Crippen LogP contribution in [-0.4, -0.2) is 46.9 Å². The van der Waals surface area contributed by atoms with E-state index in [0.717, 1.165) is 0 Å². The van der Waals surface area contributed by atoms with Crippen LogP contribution >= 0.6 is 11.8 Å². The van der Waals surface area contributed by atoms with Gasteiger partial charge in [-0.2, -0.15) is 0 Å². The van der Waals surface area contributed by atoms with Crippen LogP contribution in [0.25, 0.3) is 0 Å². The number of esters is 2. The summed E-state index contributed by atoms with van der Waals surface area (Å²) in [6.07, 6.45) is 0. The van der Waals surface area contributed by atoms with E-state index in [1.54, 1.807) is 34.6 Å². The van der Waals surface area contributed by atoms with Crippen LogP contribution in [0, 0.1) is 13.8 Å². The number of ketones is 1. The van der Waals surface area contributed by atoms with Gasteiger partial charge < -0.3 is 14.5 Å². The second-order valence-electron chi connectivity index (χ2n) is 4.97. The fourth-order valence-electron chi connectivity index (χ4n) is 2.18. The summed E-state index contributed by atoms with van der Waals surface area (Å²) in [6.45, 7) is 9.23. The number of Topliss-reactive ketones (excluding diaryl/α,β-unsaturated/α-hetero) is 1. The van der Waals surface area contributed by atoms with Crippen LogP contribution in [0.4, 0.5) is 0 Å². The third kappa shape index (κ3) is 4.86. The minimum Gasteiger partial charge on any atom is -0.465 e. The van der Waals surface area contributed by atoms with E-state index in [2.05, 4.69) is 4.98 Å². The average molecular weight is 341 g/mol. The zero-order chi connectivity index (χ0) is 17.6. The molecule has 0 aliphatic rings. The van der Waals surface area contributed by atoms with Gasteiger partial charge in [0.1, 0.15) is 0 Å². The minimum atomic E-state index is -0.440. The second kappa shape index (κ2) is 8.76. The predicted molar refractivity (Wildman–Crippen MR) is 89.1 cm³/mol. The highest BCUT2D eigenvalue weighted by Gasteiger charge is 2.26. The lowest BCUT2D eigenvalue weighted by atomic mass is 10.1. The van der Waals surface area contributed by atoms with Gasteiger partial charge in [0, 0.05) is 5.69 Å². The highest BCUT2D eigenvalue weighted by molar-refractivity contribution is 8.01. The molecule has 1 heterocycles. The molecule has 0 saturated heterocycles. The van der Waals surface area contributed by atoms with Crippen molar-refractivity contribution in [1.29, 1.82) is 0 Å². The Balaban J connectivity index is 2.86. The Bertz CT molecular complexity index is 594. The van der Waals surface area contributed by atoms with Crippen molar-refractivity contribution in [3.05, 3.63) is 22.5 Å². The maximum Gasteiger partial charge on any atom is 0.340 e. The summed E-state index contributed by atoms with van der Waals surface area (Å²) < 4.78 is 9.86. The summed E-state index contributed by atoms with van der Waals surface area (Å²) in [7, 11) is 0. The zero-order valence-corrected chi connectivity index (χ0v) is 15.0. The number of aromatic nitrogens is 1. The predicted octanol–water partition coefficient (Wildman–Crippen LogP) is 2.68. The number of aromatic amines is 1. The highest BCUT2D eigenvalue weighted by Crippen LogP contribution is 2.23. The molecule has 0 aromatic carbocycles. The van der Waals surface area contributed by atoms with Gasteiger partial charge in [-0.1, -0.05) is 0 Å². The number of thioether (sulfide) groups is 1. The molecule has 0 aliphatic carbocycles. The Hall–Kier alpha value is -1.76. The van der Waals surface area contributed by atoms with E-state index in [9.17, 15) is 14.4 Å². The number of carbonyl (C=O) groups is 3. The van der Waals surface area contributed by atoms with Gasteiger partial charge in [0.25, 0.3) is 0 Å². The third-order valence-corrected chi connectivity index (χ3v) is 4.41. The van der Waals surface area contributed by atoms with Crippen molar-refractivity contribution in [2.75, 3.05) is 19.0 Å². The van der Waals surface area contributed by atoms with E-state index in [1.165, 1.54) is 11.8 Å². The SMILES string of the molecule is CCOC(=O)CSC(C)C(=O)c1[nH]c(C)c(C(=O)OCC)c1C. The minimum absolute atomic E-state index is 0.115. The summed E-state index contributed by atoms with van der Waals surface area (Å²) >= 11 is 1.21. The first-order valence-electron chi connectivity index (χ1n) is 7.51. The molecule has 1 rings (SSSR count). The van der Waals surface area contributed by atoms with Crippen molar-refractivity contribution in [1.82, 2.24) is 4.98 Å². The van der Waals surface area contributed by atoms with E-state index < -0.39 is 11.2 Å². The first kappa shape index (κ1) is 19.3. The molecule has 1 unspecified atom stereocenters. The molecule has 0 fully saturated rings. The van der Waals surface area contributed by atoms with Gasteiger partial charge in [0.15, 0.2) is 5.78 Å². The molecule has 0 aliphatic heterocycles. The Morgan fingerprint density at radius 2 is 1.74 bits per heavy atom. The van der Waals surface area contributed by atoms with Crippen LogP contribution in [0.15, 0.2) is 0 Å². The van der Waals surface area contributed by atoms with E-state index in [0.29, 0.717) is 29.1 Å². The fraction of sp³-hybridized carbons (Fsp3) is 0.562. The lowest BCUT2D eigenvalue weighted by Gasteiger charge is -2.09. The molecule has 0 bridgehead atoms. The van der Waals surface area contributed by atoms with Crippen LogP contribution in [0.1, 0.15) is 52.9 Å². The molecule has 0 spiro atoms. The second-order valence-corrected chi connectivity index (χ2v) is 6.30. The quantitative estimate of drug-likeness (QED) is 0.578. The molecule has 1 aromatic heterocycles. The molecule has 0 radical (unpaired) electrons. The van der Waals surface area contributed by atoms with Crippen LogP contribution in [0.3, 0.4) is 0 Å². The van der Waals surface area contributed by atoms with E-state index in [1.807, 2.05) is 0 Å². The van der Waals surface area contributed by atoms with E-state index in [4.69, 9.17) is 9.47 Å². The van der Waals surface area contributed by atoms with Crippen molar-refractivity contribution >= 4 is 29.5 Å². The number of nitrogens with one attached hydrogen (secondary N) is 1. The Kier molecular flexibility index (Phi) is 7.35. The fourth-order valence-corrected chi connectivity index (χ4v) is 2.92. The summed E-state index contributed by atoms with van der Waals surface area (Å²) in [6, 6.07) is 0. The summed E-state index contributed by atoms with van der Waals surface area (Å²) in [5.74, 6) is -0.826. The van der Waals surface area contributed by atoms with Gasteiger partial charge in [-0.3, -0.25) is 9.59 Å². The first-order chi connectivity index (χ1) is 10.8. The van der Waals surface area contributed by atoms with Crippen molar-refractivity contribution in [2.24, 2.45) is 0 Å². The third-order valence-electron chi connectivity index (χ3n) is 3.29. The molecule has 0 amide bonds. The normalized spacial score (nSPS) is 11.9. The topological polar surface area (TPSA) is 85.5 Å². The number of H-pyrrole nitrogens is 1. The lowest BCUT2D eigenvalue weighted by Crippen LogP contribution is -2.18. The number of aryl methyl sites for hydroxylation is 1. The van der Waals surface area contributed by atoms with Crippen LogP contribution in [0.2, 0.25) is 0 Å². The smallest absolute Gasteiger partial charge is 0.340 e. The van der Waals surface area contributed by atoms with Gasteiger partial charge in [-0.05, 0) is 40.2 Å². The molecule has 23 heavy (non-hydrogen) atoms. The van der Waals surface area contributed by atoms with Crippen LogP contribution in [-0.2, 0) is 14.3 Å². The molecule has 1 atom stereocenters. The van der Waals surface area contributed by atoms with Gasteiger partial charge in [-0.25, -0.2) is 4.79 Å². The first-order valence-corrected chi connectivity index (χ1v) is 8.55. The zero-order valence-electron chi connectivity index (χ0n) is 14.1. The summed E-state index contributed by atoms with van der Waals surface area (Å²) in [5.41, 5.74) is 1.97. The maximum absolute atomic E-state index is 12.5. The Labute approximate surface area is 140 Å². The Morgan fingerprint density at radius 3 is 2.30 bits per heavy atom. The lowest BCUT2D eigenvalue weighted by molar-refractivity contribution is -0.139. The number of hydrogen-bond acceptors (Lipinski definition) is 6. The summed E-state index contributed by atoms with van der Waals surface area (Å²) in [4.78, 5) is 38.8. The average Bonchev–Trinajstić information content (AvgIpc) is 2.79. The molecular weight excluding hydrogens is 318 g/mol. The van der Waals surface area contributed by atoms with E-state index >= 15 is 0 Å². The van der Waals surface area contributed by atoms with Gasteiger partial charge in [-0.15, -0.1) is 11.8 Å². The number of ether oxygens (including phenoxy) is 2. The van der Waals surface area contributed by atoms with Gasteiger partial charge in [0.2, 0.25) is 0 Å².